The molecule has 11 rings (SSSR count). The van der Waals surface area contributed by atoms with Gasteiger partial charge in [-0.1, -0.05) is 60.7 Å². The van der Waals surface area contributed by atoms with E-state index in [2.05, 4.69) is 54.6 Å². The lowest BCUT2D eigenvalue weighted by atomic mass is 9.49. The largest absolute Gasteiger partial charge is 0.465 e. The number of carbonyl (C=O) groups is 1. The Morgan fingerprint density at radius 1 is 0.773 bits per heavy atom. The first-order valence-electron chi connectivity index (χ1n) is 16.7. The zero-order chi connectivity index (χ0) is 29.7. The van der Waals surface area contributed by atoms with Crippen molar-refractivity contribution in [2.45, 2.75) is 87.2 Å². The molecule has 6 heteroatoms. The van der Waals surface area contributed by atoms with Gasteiger partial charge in [-0.25, -0.2) is 0 Å². The van der Waals surface area contributed by atoms with E-state index >= 15 is 0 Å². The zero-order valence-corrected chi connectivity index (χ0v) is 26.0. The fourth-order valence-corrected chi connectivity index (χ4v) is 13.0. The van der Waals surface area contributed by atoms with Crippen LogP contribution in [0.25, 0.3) is 0 Å². The van der Waals surface area contributed by atoms with Crippen LogP contribution >= 0.6 is 0 Å². The molecule has 0 aliphatic heterocycles. The predicted molar refractivity (Wildman–Crippen MR) is 168 cm³/mol. The smallest absolute Gasteiger partial charge is 0.315 e. The predicted octanol–water partition coefficient (Wildman–Crippen LogP) is 7.45. The van der Waals surface area contributed by atoms with Crippen molar-refractivity contribution in [1.82, 2.24) is 0 Å². The Balaban J connectivity index is 0.973. The van der Waals surface area contributed by atoms with Gasteiger partial charge in [-0.15, -0.1) is 0 Å². The van der Waals surface area contributed by atoms with Crippen LogP contribution in [0.1, 0.15) is 103 Å². The molecular formula is C38H40O5S. The van der Waals surface area contributed by atoms with Crippen LogP contribution in [0.3, 0.4) is 0 Å². The number of benzene rings is 3. The zero-order valence-electron chi connectivity index (χ0n) is 25.2. The van der Waals surface area contributed by atoms with E-state index in [0.29, 0.717) is 43.5 Å². The van der Waals surface area contributed by atoms with Gasteiger partial charge in [0.25, 0.3) is 0 Å². The summed E-state index contributed by atoms with van der Waals surface area (Å²) in [6.07, 6.45) is 9.64. The summed E-state index contributed by atoms with van der Waals surface area (Å²) in [5.41, 5.74) is 7.19. The van der Waals surface area contributed by atoms with Gasteiger partial charge in [-0.2, -0.15) is 8.42 Å². The van der Waals surface area contributed by atoms with Gasteiger partial charge in [0.2, 0.25) is 0 Å². The molecule has 3 atom stereocenters. The van der Waals surface area contributed by atoms with Crippen LogP contribution in [-0.2, 0) is 32.5 Å². The molecule has 6 bridgehead atoms. The second-order valence-electron chi connectivity index (χ2n) is 15.0. The minimum Gasteiger partial charge on any atom is -0.465 e. The molecule has 0 saturated heterocycles. The van der Waals surface area contributed by atoms with Gasteiger partial charge < -0.3 is 8.92 Å². The number of esters is 1. The first-order chi connectivity index (χ1) is 21.3. The number of aryl methyl sites for hydroxylation is 1. The summed E-state index contributed by atoms with van der Waals surface area (Å²) in [7, 11) is -3.88. The number of hydrogen-bond acceptors (Lipinski definition) is 5. The first kappa shape index (κ1) is 27.2. The molecule has 0 aromatic heterocycles. The maximum atomic E-state index is 14.3. The van der Waals surface area contributed by atoms with Gasteiger partial charge in [0.1, 0.15) is 10.5 Å². The van der Waals surface area contributed by atoms with Crippen LogP contribution in [0, 0.1) is 23.2 Å². The highest BCUT2D eigenvalue weighted by atomic mass is 32.2. The maximum Gasteiger partial charge on any atom is 0.315 e. The normalized spacial score (nSPS) is 34.1. The van der Waals surface area contributed by atoms with E-state index < -0.39 is 14.9 Å². The second kappa shape index (κ2) is 9.69. The van der Waals surface area contributed by atoms with Crippen LogP contribution in [0.4, 0.5) is 0 Å². The van der Waals surface area contributed by atoms with E-state index in [1.165, 1.54) is 27.8 Å². The van der Waals surface area contributed by atoms with E-state index in [1.807, 2.05) is 12.1 Å². The summed E-state index contributed by atoms with van der Waals surface area (Å²) in [4.78, 5) is 14.0. The number of fused-ring (bicyclic) bond motifs is 2. The van der Waals surface area contributed by atoms with Crippen molar-refractivity contribution in [3.05, 3.63) is 100 Å². The number of rotatable bonds is 6. The lowest BCUT2D eigenvalue weighted by Crippen LogP contribution is -2.61. The van der Waals surface area contributed by atoms with E-state index in [4.69, 9.17) is 8.92 Å². The SMILES string of the molecule is O=C(OCC12CC3CC(C1)CC(S(=O)(=O)Oc1cccc4c1CCCC4)(C3)C2)C1CC2c3ccccc3C1c1ccccc12. The Kier molecular flexibility index (Phi) is 5.99. The van der Waals surface area contributed by atoms with Gasteiger partial charge in [0.15, 0.2) is 0 Å². The monoisotopic (exact) mass is 608 g/mol. The van der Waals surface area contributed by atoms with Crippen molar-refractivity contribution >= 4 is 16.1 Å². The van der Waals surface area contributed by atoms with Crippen LogP contribution in [0.5, 0.6) is 5.75 Å². The third kappa shape index (κ3) is 4.01. The third-order valence-corrected chi connectivity index (χ3v) is 14.3. The fraction of sp³-hybridized carbons (Fsp3) is 0.500. The lowest BCUT2D eigenvalue weighted by Gasteiger charge is -2.60. The van der Waals surface area contributed by atoms with Crippen LogP contribution in [0.15, 0.2) is 66.7 Å². The average molecular weight is 609 g/mol. The highest BCUT2D eigenvalue weighted by Gasteiger charge is 2.64. The summed E-state index contributed by atoms with van der Waals surface area (Å²) < 4.78 is 40.1. The molecule has 8 aliphatic rings. The number of carbonyl (C=O) groups excluding carboxylic acids is 1. The van der Waals surface area contributed by atoms with Crippen molar-refractivity contribution in [1.29, 1.82) is 0 Å². The van der Waals surface area contributed by atoms with Crippen molar-refractivity contribution in [3.63, 3.8) is 0 Å². The molecule has 0 heterocycles. The van der Waals surface area contributed by atoms with Crippen molar-refractivity contribution in [2.75, 3.05) is 6.61 Å². The fourth-order valence-electron chi connectivity index (χ4n) is 11.1. The summed E-state index contributed by atoms with van der Waals surface area (Å²) >= 11 is 0. The molecule has 0 N–H and O–H groups in total. The summed E-state index contributed by atoms with van der Waals surface area (Å²) in [6, 6.07) is 23.0. The Hall–Kier alpha value is -3.12. The van der Waals surface area contributed by atoms with Gasteiger partial charge in [0, 0.05) is 17.3 Å². The topological polar surface area (TPSA) is 69.7 Å². The molecule has 3 aromatic carbocycles. The minimum atomic E-state index is -3.88. The lowest BCUT2D eigenvalue weighted by molar-refractivity contribution is -0.160. The molecule has 0 radical (unpaired) electrons. The Labute approximate surface area is 260 Å². The second-order valence-corrected chi connectivity index (χ2v) is 17.0. The molecular weight excluding hydrogens is 568 g/mol. The number of ether oxygens (including phenoxy) is 1. The summed E-state index contributed by atoms with van der Waals surface area (Å²) in [5.74, 6) is 1.08. The van der Waals surface area contributed by atoms with Crippen molar-refractivity contribution in [2.24, 2.45) is 23.2 Å². The van der Waals surface area contributed by atoms with E-state index in [1.54, 1.807) is 0 Å². The Morgan fingerprint density at radius 2 is 1.43 bits per heavy atom. The van der Waals surface area contributed by atoms with Crippen LogP contribution in [-0.4, -0.2) is 25.7 Å². The molecule has 0 spiro atoms. The first-order valence-corrected chi connectivity index (χ1v) is 18.1. The van der Waals surface area contributed by atoms with Crippen LogP contribution in [0.2, 0.25) is 0 Å². The molecule has 4 saturated carbocycles. The molecule has 3 unspecified atom stereocenters. The quantitative estimate of drug-likeness (QED) is 0.215. The molecule has 4 fully saturated rings. The Bertz CT molecular complexity index is 1710. The highest BCUT2D eigenvalue weighted by Crippen LogP contribution is 2.64. The van der Waals surface area contributed by atoms with Crippen molar-refractivity contribution < 1.29 is 22.1 Å². The maximum absolute atomic E-state index is 14.3. The van der Waals surface area contributed by atoms with Gasteiger partial charge in [-0.3, -0.25) is 4.79 Å². The standard InChI is InChI=1S/C38H40O5S/c39-36(33-17-32-28-11-3-5-13-30(28)35(33)31-14-6-4-12-29(31)32)42-23-37-18-24-16-25(19-37)21-38(20-24,22-37)44(40,41)43-34-15-7-9-26-8-1-2-10-27(26)34/h3-7,9,11-15,24-25,32-33,35H,1-2,8,10,16-23H2. The van der Waals surface area contributed by atoms with E-state index in [0.717, 1.165) is 56.9 Å². The molecule has 8 aliphatic carbocycles. The van der Waals surface area contributed by atoms with Gasteiger partial charge >= 0.3 is 16.1 Å². The summed E-state index contributed by atoms with van der Waals surface area (Å²) in [6.45, 7) is 0.314. The van der Waals surface area contributed by atoms with E-state index in [9.17, 15) is 13.2 Å². The summed E-state index contributed by atoms with van der Waals surface area (Å²) in [5, 5.41) is 0. The highest BCUT2D eigenvalue weighted by molar-refractivity contribution is 7.88. The molecule has 3 aromatic rings. The van der Waals surface area contributed by atoms with Gasteiger partial charge in [0.05, 0.1) is 12.5 Å². The average Bonchev–Trinajstić information content (AvgIpc) is 3.03. The molecule has 5 nitrogen and oxygen atoms in total. The Morgan fingerprint density at radius 3 is 2.14 bits per heavy atom. The van der Waals surface area contributed by atoms with Gasteiger partial charge in [-0.05, 0) is 122 Å². The molecule has 0 amide bonds. The minimum absolute atomic E-state index is 0.00758. The van der Waals surface area contributed by atoms with Crippen LogP contribution < -0.4 is 4.18 Å². The molecule has 228 valence electrons. The molecule has 44 heavy (non-hydrogen) atoms. The third-order valence-electron chi connectivity index (χ3n) is 12.3. The number of hydrogen-bond donors (Lipinski definition) is 0. The van der Waals surface area contributed by atoms with E-state index in [-0.39, 0.29) is 29.1 Å². The van der Waals surface area contributed by atoms with Crippen molar-refractivity contribution in [3.8, 4) is 5.75 Å².